The molecule has 2 heterocycles. The first-order valence-electron chi connectivity index (χ1n) is 8.53. The number of benzene rings is 1. The number of carbonyl (C=O) groups is 2. The lowest BCUT2D eigenvalue weighted by Crippen LogP contribution is -2.46. The average Bonchev–Trinajstić information content (AvgIpc) is 3.12. The smallest absolute Gasteiger partial charge is 0.371 e. The van der Waals surface area contributed by atoms with Crippen molar-refractivity contribution < 1.29 is 19.1 Å². The van der Waals surface area contributed by atoms with Crippen LogP contribution in [0.15, 0.2) is 46.9 Å². The number of aromatic carboxylic acids is 1. The van der Waals surface area contributed by atoms with Gasteiger partial charge in [-0.1, -0.05) is 36.8 Å². The van der Waals surface area contributed by atoms with Crippen LogP contribution in [0.4, 0.5) is 0 Å². The summed E-state index contributed by atoms with van der Waals surface area (Å²) in [6.45, 7) is 2.40. The summed E-state index contributed by atoms with van der Waals surface area (Å²) in [5, 5.41) is 11.7. The quantitative estimate of drug-likeness (QED) is 0.843. The first-order valence-corrected chi connectivity index (χ1v) is 8.53. The molecular formula is C19H22N2O4. The van der Waals surface area contributed by atoms with Crippen molar-refractivity contribution in [3.8, 4) is 0 Å². The van der Waals surface area contributed by atoms with Crippen molar-refractivity contribution in [2.75, 3.05) is 13.1 Å². The third-order valence-electron chi connectivity index (χ3n) is 4.52. The lowest BCUT2D eigenvalue weighted by molar-refractivity contribution is 0.0659. The predicted molar refractivity (Wildman–Crippen MR) is 92.5 cm³/mol. The van der Waals surface area contributed by atoms with Gasteiger partial charge in [-0.2, -0.15) is 0 Å². The Morgan fingerprint density at radius 1 is 1.12 bits per heavy atom. The molecule has 0 aliphatic carbocycles. The molecule has 0 radical (unpaired) electrons. The Bertz CT molecular complexity index is 726. The molecule has 2 N–H and O–H groups in total. The molecule has 1 amide bonds. The number of hydrogen-bond donors (Lipinski definition) is 2. The van der Waals surface area contributed by atoms with Gasteiger partial charge in [-0.05, 0) is 37.1 Å². The first-order chi connectivity index (χ1) is 12.1. The summed E-state index contributed by atoms with van der Waals surface area (Å²) in [5.41, 5.74) is 1.26. The zero-order valence-electron chi connectivity index (χ0n) is 14.0. The van der Waals surface area contributed by atoms with E-state index in [2.05, 4.69) is 22.3 Å². The fourth-order valence-corrected chi connectivity index (χ4v) is 3.19. The molecule has 132 valence electrons. The number of likely N-dealkylation sites (tertiary alicyclic amines) is 1. The van der Waals surface area contributed by atoms with Gasteiger partial charge in [0.25, 0.3) is 5.91 Å². The van der Waals surface area contributed by atoms with E-state index in [1.54, 1.807) is 0 Å². The third-order valence-corrected chi connectivity index (χ3v) is 4.52. The van der Waals surface area contributed by atoms with E-state index >= 15 is 0 Å². The Morgan fingerprint density at radius 3 is 2.60 bits per heavy atom. The van der Waals surface area contributed by atoms with Gasteiger partial charge < -0.3 is 14.8 Å². The lowest BCUT2D eigenvalue weighted by atomic mass is 10.0. The van der Waals surface area contributed by atoms with E-state index in [9.17, 15) is 9.59 Å². The van der Waals surface area contributed by atoms with Gasteiger partial charge in [-0.3, -0.25) is 9.69 Å². The number of piperidine rings is 1. The van der Waals surface area contributed by atoms with Gasteiger partial charge in [0, 0.05) is 19.1 Å². The van der Waals surface area contributed by atoms with E-state index in [1.165, 1.54) is 17.7 Å². The van der Waals surface area contributed by atoms with Gasteiger partial charge in [0.2, 0.25) is 5.76 Å². The van der Waals surface area contributed by atoms with E-state index < -0.39 is 5.97 Å². The monoisotopic (exact) mass is 342 g/mol. The summed E-state index contributed by atoms with van der Waals surface area (Å²) >= 11 is 0. The Kier molecular flexibility index (Phi) is 5.50. The van der Waals surface area contributed by atoms with Crippen molar-refractivity contribution in [1.29, 1.82) is 0 Å². The van der Waals surface area contributed by atoms with Crippen molar-refractivity contribution in [1.82, 2.24) is 10.2 Å². The highest BCUT2D eigenvalue weighted by Crippen LogP contribution is 2.19. The molecule has 3 rings (SSSR count). The second kappa shape index (κ2) is 7.98. The molecule has 1 atom stereocenters. The third kappa shape index (κ3) is 4.48. The highest BCUT2D eigenvalue weighted by molar-refractivity contribution is 5.93. The summed E-state index contributed by atoms with van der Waals surface area (Å²) in [7, 11) is 0. The van der Waals surface area contributed by atoms with Crippen LogP contribution in [0.1, 0.15) is 45.9 Å². The standard InChI is InChI=1S/C19H22N2O4/c22-18(16-9-10-17(25-16)19(23)24)20-12-15-8-4-5-11-21(15)13-14-6-2-1-3-7-14/h1-3,6-7,9-10,15H,4-5,8,11-13H2,(H,20,22)(H,23,24). The maximum atomic E-state index is 12.2. The molecule has 2 aromatic rings. The molecule has 1 aliphatic heterocycles. The number of carbonyl (C=O) groups excluding carboxylic acids is 1. The highest BCUT2D eigenvalue weighted by Gasteiger charge is 2.24. The molecule has 0 bridgehead atoms. The Balaban J connectivity index is 1.57. The molecule has 6 nitrogen and oxygen atoms in total. The topological polar surface area (TPSA) is 82.8 Å². The number of furan rings is 1. The number of carboxylic acids is 1. The Morgan fingerprint density at radius 2 is 1.88 bits per heavy atom. The van der Waals surface area contributed by atoms with Crippen molar-refractivity contribution in [2.45, 2.75) is 31.8 Å². The number of hydrogen-bond acceptors (Lipinski definition) is 4. The van der Waals surface area contributed by atoms with Gasteiger partial charge in [0.15, 0.2) is 5.76 Å². The van der Waals surface area contributed by atoms with Crippen LogP contribution in [0, 0.1) is 0 Å². The Labute approximate surface area is 146 Å². The van der Waals surface area contributed by atoms with Crippen LogP contribution in [-0.2, 0) is 6.54 Å². The number of nitrogens with zero attached hydrogens (tertiary/aromatic N) is 1. The molecule has 0 saturated carbocycles. The van der Waals surface area contributed by atoms with Crippen LogP contribution in [0.5, 0.6) is 0 Å². The molecule has 1 fully saturated rings. The predicted octanol–water partition coefficient (Wildman–Crippen LogP) is 2.76. The van der Waals surface area contributed by atoms with Gasteiger partial charge in [-0.25, -0.2) is 4.79 Å². The van der Waals surface area contributed by atoms with E-state index in [-0.39, 0.29) is 23.5 Å². The highest BCUT2D eigenvalue weighted by atomic mass is 16.4. The summed E-state index contributed by atoms with van der Waals surface area (Å²) in [4.78, 5) is 25.4. The van der Waals surface area contributed by atoms with Crippen LogP contribution in [-0.4, -0.2) is 41.0 Å². The number of amides is 1. The molecule has 25 heavy (non-hydrogen) atoms. The Hall–Kier alpha value is -2.60. The number of nitrogens with one attached hydrogen (secondary N) is 1. The largest absolute Gasteiger partial charge is 0.475 e. The van der Waals surface area contributed by atoms with Crippen LogP contribution in [0.2, 0.25) is 0 Å². The van der Waals surface area contributed by atoms with Crippen LogP contribution in [0.25, 0.3) is 0 Å². The SMILES string of the molecule is O=C(O)c1ccc(C(=O)NCC2CCCCN2Cc2ccccc2)o1. The van der Waals surface area contributed by atoms with Crippen molar-refractivity contribution in [3.63, 3.8) is 0 Å². The second-order valence-electron chi connectivity index (χ2n) is 6.28. The first kappa shape index (κ1) is 17.2. The molecule has 1 saturated heterocycles. The number of rotatable bonds is 6. The van der Waals surface area contributed by atoms with Crippen LogP contribution in [0.3, 0.4) is 0 Å². The summed E-state index contributed by atoms with van der Waals surface area (Å²) in [6, 6.07) is 13.3. The van der Waals surface area contributed by atoms with Gasteiger partial charge in [-0.15, -0.1) is 0 Å². The maximum Gasteiger partial charge on any atom is 0.371 e. The van der Waals surface area contributed by atoms with E-state index in [0.29, 0.717) is 6.54 Å². The minimum Gasteiger partial charge on any atom is -0.475 e. The van der Waals surface area contributed by atoms with Crippen molar-refractivity contribution in [2.24, 2.45) is 0 Å². The number of carboxylic acid groups (broad SMARTS) is 1. The van der Waals surface area contributed by atoms with Crippen molar-refractivity contribution >= 4 is 11.9 Å². The molecular weight excluding hydrogens is 320 g/mol. The normalized spacial score (nSPS) is 18.0. The second-order valence-corrected chi connectivity index (χ2v) is 6.28. The van der Waals surface area contributed by atoms with Crippen molar-refractivity contribution in [3.05, 3.63) is 59.5 Å². The zero-order valence-corrected chi connectivity index (χ0v) is 14.0. The van der Waals surface area contributed by atoms with Crippen LogP contribution < -0.4 is 5.32 Å². The molecule has 1 aromatic heterocycles. The van der Waals surface area contributed by atoms with Gasteiger partial charge in [0.1, 0.15) is 0 Å². The minimum absolute atomic E-state index is 0.0304. The zero-order chi connectivity index (χ0) is 17.6. The van der Waals surface area contributed by atoms with E-state index in [4.69, 9.17) is 9.52 Å². The van der Waals surface area contributed by atoms with Gasteiger partial charge in [0.05, 0.1) is 0 Å². The lowest BCUT2D eigenvalue weighted by Gasteiger charge is -2.35. The van der Waals surface area contributed by atoms with Crippen LogP contribution >= 0.6 is 0 Å². The minimum atomic E-state index is -1.18. The molecule has 1 unspecified atom stereocenters. The molecule has 6 heteroatoms. The molecule has 0 spiro atoms. The maximum absolute atomic E-state index is 12.2. The van der Waals surface area contributed by atoms with E-state index in [0.717, 1.165) is 32.4 Å². The molecule has 1 aliphatic rings. The summed E-state index contributed by atoms with van der Waals surface area (Å²) in [5.74, 6) is -1.76. The fourth-order valence-electron chi connectivity index (χ4n) is 3.19. The van der Waals surface area contributed by atoms with Gasteiger partial charge >= 0.3 is 5.97 Å². The molecule has 1 aromatic carbocycles. The summed E-state index contributed by atoms with van der Waals surface area (Å²) in [6.07, 6.45) is 3.35. The van der Waals surface area contributed by atoms with E-state index in [1.807, 2.05) is 18.2 Å². The fraction of sp³-hybridized carbons (Fsp3) is 0.368. The summed E-state index contributed by atoms with van der Waals surface area (Å²) < 4.78 is 5.04. The average molecular weight is 342 g/mol.